The number of nitrogens with one attached hydrogen (secondary N) is 1. The molecular formula is C8H14N2O2. The Hall–Kier alpha value is -0.870. The fraction of sp³-hybridized carbons (Fsp3) is 0.625. The van der Waals surface area contributed by atoms with E-state index in [1.54, 1.807) is 13.1 Å². The van der Waals surface area contributed by atoms with Gasteiger partial charge in [0.2, 0.25) is 5.89 Å². The van der Waals surface area contributed by atoms with Gasteiger partial charge in [-0.2, -0.15) is 0 Å². The van der Waals surface area contributed by atoms with E-state index in [4.69, 9.17) is 9.52 Å². The van der Waals surface area contributed by atoms with Crippen molar-refractivity contribution >= 4 is 0 Å². The number of aromatic nitrogens is 1. The lowest BCUT2D eigenvalue weighted by atomic mass is 10.4. The molecule has 0 aliphatic carbocycles. The highest BCUT2D eigenvalue weighted by atomic mass is 16.4. The van der Waals surface area contributed by atoms with Crippen molar-refractivity contribution in [1.82, 2.24) is 10.3 Å². The first-order valence-electron chi connectivity index (χ1n) is 3.98. The SMILES string of the molecule is Cc1cnc(CNC[C@H](C)O)o1. The van der Waals surface area contributed by atoms with Crippen molar-refractivity contribution in [2.24, 2.45) is 0 Å². The molecule has 4 heteroatoms. The van der Waals surface area contributed by atoms with Crippen molar-refractivity contribution in [3.63, 3.8) is 0 Å². The normalized spacial score (nSPS) is 13.2. The van der Waals surface area contributed by atoms with Crippen LogP contribution in [-0.2, 0) is 6.54 Å². The van der Waals surface area contributed by atoms with Crippen LogP contribution in [0.1, 0.15) is 18.6 Å². The van der Waals surface area contributed by atoms with Gasteiger partial charge in [-0.1, -0.05) is 0 Å². The molecule has 0 unspecified atom stereocenters. The average molecular weight is 170 g/mol. The van der Waals surface area contributed by atoms with Crippen molar-refractivity contribution < 1.29 is 9.52 Å². The zero-order valence-electron chi connectivity index (χ0n) is 7.37. The molecule has 0 saturated carbocycles. The highest BCUT2D eigenvalue weighted by Crippen LogP contribution is 2.00. The smallest absolute Gasteiger partial charge is 0.208 e. The molecule has 2 N–H and O–H groups in total. The summed E-state index contributed by atoms with van der Waals surface area (Å²) in [4.78, 5) is 4.00. The minimum atomic E-state index is -0.332. The van der Waals surface area contributed by atoms with Crippen molar-refractivity contribution in [2.75, 3.05) is 6.54 Å². The van der Waals surface area contributed by atoms with Crippen LogP contribution in [0.3, 0.4) is 0 Å². The lowest BCUT2D eigenvalue weighted by molar-refractivity contribution is 0.189. The number of aryl methyl sites for hydroxylation is 1. The maximum Gasteiger partial charge on any atom is 0.208 e. The summed E-state index contributed by atoms with van der Waals surface area (Å²) in [6.45, 7) is 4.71. The Bertz CT molecular complexity index is 233. The summed E-state index contributed by atoms with van der Waals surface area (Å²) in [6, 6.07) is 0. The Morgan fingerprint density at radius 1 is 1.75 bits per heavy atom. The number of aliphatic hydroxyl groups excluding tert-OH is 1. The van der Waals surface area contributed by atoms with Crippen molar-refractivity contribution in [3.05, 3.63) is 17.8 Å². The Morgan fingerprint density at radius 3 is 3.00 bits per heavy atom. The summed E-state index contributed by atoms with van der Waals surface area (Å²) in [6.07, 6.45) is 1.35. The van der Waals surface area contributed by atoms with Crippen LogP contribution >= 0.6 is 0 Å². The summed E-state index contributed by atoms with van der Waals surface area (Å²) in [5, 5.41) is 11.9. The lowest BCUT2D eigenvalue weighted by Crippen LogP contribution is -2.23. The van der Waals surface area contributed by atoms with E-state index in [2.05, 4.69) is 10.3 Å². The molecule has 1 heterocycles. The van der Waals surface area contributed by atoms with E-state index < -0.39 is 0 Å². The number of hydrogen-bond acceptors (Lipinski definition) is 4. The average Bonchev–Trinajstić information content (AvgIpc) is 2.35. The molecule has 12 heavy (non-hydrogen) atoms. The number of rotatable bonds is 4. The third-order valence-electron chi connectivity index (χ3n) is 1.39. The third kappa shape index (κ3) is 3.02. The molecule has 1 aromatic heterocycles. The molecule has 0 radical (unpaired) electrons. The Balaban J connectivity index is 2.24. The number of hydrogen-bond donors (Lipinski definition) is 2. The summed E-state index contributed by atoms with van der Waals surface area (Å²) < 4.78 is 5.21. The molecule has 0 amide bonds. The highest BCUT2D eigenvalue weighted by molar-refractivity contribution is 4.90. The Morgan fingerprint density at radius 2 is 2.50 bits per heavy atom. The topological polar surface area (TPSA) is 58.3 Å². The summed E-state index contributed by atoms with van der Waals surface area (Å²) in [7, 11) is 0. The van der Waals surface area contributed by atoms with E-state index >= 15 is 0 Å². The monoisotopic (exact) mass is 170 g/mol. The molecule has 1 atom stereocenters. The predicted octanol–water partition coefficient (Wildman–Crippen LogP) is 0.453. The van der Waals surface area contributed by atoms with E-state index in [1.165, 1.54) is 0 Å². The Kier molecular flexibility index (Phi) is 3.25. The van der Waals surface area contributed by atoms with Gasteiger partial charge < -0.3 is 14.8 Å². The summed E-state index contributed by atoms with van der Waals surface area (Å²) in [5.74, 6) is 1.47. The first-order chi connectivity index (χ1) is 5.68. The van der Waals surface area contributed by atoms with Crippen molar-refractivity contribution in [1.29, 1.82) is 0 Å². The van der Waals surface area contributed by atoms with Crippen LogP contribution in [0.15, 0.2) is 10.6 Å². The van der Waals surface area contributed by atoms with Gasteiger partial charge in [0.05, 0.1) is 18.8 Å². The molecule has 1 rings (SSSR count). The fourth-order valence-corrected chi connectivity index (χ4v) is 0.871. The maximum absolute atomic E-state index is 8.92. The molecule has 0 saturated heterocycles. The molecule has 1 aromatic rings. The van der Waals surface area contributed by atoms with Crippen LogP contribution in [0.2, 0.25) is 0 Å². The first kappa shape index (κ1) is 9.22. The molecule has 0 aromatic carbocycles. The minimum Gasteiger partial charge on any atom is -0.445 e. The van der Waals surface area contributed by atoms with Gasteiger partial charge in [0.1, 0.15) is 5.76 Å². The zero-order chi connectivity index (χ0) is 8.97. The van der Waals surface area contributed by atoms with E-state index in [-0.39, 0.29) is 6.10 Å². The van der Waals surface area contributed by atoms with Crippen LogP contribution in [0, 0.1) is 6.92 Å². The third-order valence-corrected chi connectivity index (χ3v) is 1.39. The van der Waals surface area contributed by atoms with E-state index in [0.29, 0.717) is 19.0 Å². The quantitative estimate of drug-likeness (QED) is 0.689. The van der Waals surface area contributed by atoms with E-state index in [0.717, 1.165) is 5.76 Å². The second-order valence-electron chi connectivity index (χ2n) is 2.84. The van der Waals surface area contributed by atoms with Gasteiger partial charge in [-0.25, -0.2) is 4.98 Å². The van der Waals surface area contributed by atoms with E-state index in [9.17, 15) is 0 Å². The van der Waals surface area contributed by atoms with Gasteiger partial charge in [-0.05, 0) is 13.8 Å². The fourth-order valence-electron chi connectivity index (χ4n) is 0.871. The largest absolute Gasteiger partial charge is 0.445 e. The molecule has 0 bridgehead atoms. The number of aliphatic hydroxyl groups is 1. The van der Waals surface area contributed by atoms with Crippen LogP contribution in [0.5, 0.6) is 0 Å². The summed E-state index contributed by atoms with van der Waals surface area (Å²) >= 11 is 0. The second kappa shape index (κ2) is 4.23. The first-order valence-corrected chi connectivity index (χ1v) is 3.98. The molecule has 0 fully saturated rings. The summed E-state index contributed by atoms with van der Waals surface area (Å²) in [5.41, 5.74) is 0. The van der Waals surface area contributed by atoms with Crippen LogP contribution in [-0.4, -0.2) is 22.7 Å². The maximum atomic E-state index is 8.92. The van der Waals surface area contributed by atoms with Crippen LogP contribution < -0.4 is 5.32 Å². The van der Waals surface area contributed by atoms with Gasteiger partial charge in [0.15, 0.2) is 0 Å². The van der Waals surface area contributed by atoms with Gasteiger partial charge in [-0.15, -0.1) is 0 Å². The minimum absolute atomic E-state index is 0.332. The Labute approximate surface area is 71.6 Å². The second-order valence-corrected chi connectivity index (χ2v) is 2.84. The molecule has 4 nitrogen and oxygen atoms in total. The number of nitrogens with zero attached hydrogens (tertiary/aromatic N) is 1. The lowest BCUT2D eigenvalue weighted by Gasteiger charge is -2.03. The van der Waals surface area contributed by atoms with Crippen LogP contribution in [0.25, 0.3) is 0 Å². The van der Waals surface area contributed by atoms with Crippen LogP contribution in [0.4, 0.5) is 0 Å². The highest BCUT2D eigenvalue weighted by Gasteiger charge is 2.00. The molecule has 0 spiro atoms. The van der Waals surface area contributed by atoms with Gasteiger partial charge in [0, 0.05) is 6.54 Å². The molecular weight excluding hydrogens is 156 g/mol. The van der Waals surface area contributed by atoms with Gasteiger partial charge >= 0.3 is 0 Å². The van der Waals surface area contributed by atoms with E-state index in [1.807, 2.05) is 6.92 Å². The van der Waals surface area contributed by atoms with Crippen molar-refractivity contribution in [3.8, 4) is 0 Å². The van der Waals surface area contributed by atoms with Gasteiger partial charge in [-0.3, -0.25) is 0 Å². The predicted molar refractivity (Wildman–Crippen MR) is 44.6 cm³/mol. The molecule has 0 aliphatic rings. The zero-order valence-corrected chi connectivity index (χ0v) is 7.37. The van der Waals surface area contributed by atoms with Crippen molar-refractivity contribution in [2.45, 2.75) is 26.5 Å². The molecule has 68 valence electrons. The molecule has 0 aliphatic heterocycles. The van der Waals surface area contributed by atoms with Gasteiger partial charge in [0.25, 0.3) is 0 Å². The number of oxazole rings is 1. The standard InChI is InChI=1S/C8H14N2O2/c1-6(11)3-9-5-8-10-4-7(2)12-8/h4,6,9,11H,3,5H2,1-2H3/t6-/m0/s1.